The fraction of sp³-hybridized carbons (Fsp3) is 0.250. The Morgan fingerprint density at radius 3 is 2.50 bits per heavy atom. The number of aryl methyl sites for hydroxylation is 1. The first-order valence-electron chi connectivity index (χ1n) is 2.40. The fourth-order valence-electron chi connectivity index (χ4n) is 0.462. The third kappa shape index (κ3) is 1.83. The number of nitrogens with zero attached hydrogens (tertiary/aromatic N) is 1. The molecule has 58 valence electrons. The van der Waals surface area contributed by atoms with Gasteiger partial charge in [-0.05, 0) is 6.92 Å². The Kier molecular flexibility index (Phi) is 2.21. The second-order valence-corrected chi connectivity index (χ2v) is 5.86. The molecule has 0 fully saturated rings. The number of hydrogen-bond acceptors (Lipinski definition) is 4. The zero-order chi connectivity index (χ0) is 7.78. The number of aromatic nitrogens is 1. The van der Waals surface area contributed by atoms with Gasteiger partial charge in [0, 0.05) is 10.7 Å². The van der Waals surface area contributed by atoms with E-state index in [9.17, 15) is 0 Å². The fourth-order valence-corrected chi connectivity index (χ4v) is 2.34. The summed E-state index contributed by atoms with van der Waals surface area (Å²) in [6.45, 7) is 1.77. The van der Waals surface area contributed by atoms with Gasteiger partial charge in [-0.3, -0.25) is 9.11 Å². The van der Waals surface area contributed by atoms with Gasteiger partial charge in [-0.1, -0.05) is 9.80 Å². The lowest BCUT2D eigenvalue weighted by atomic mass is 10.8. The lowest BCUT2D eigenvalue weighted by Gasteiger charge is -2.19. The van der Waals surface area contributed by atoms with Crippen LogP contribution < -0.4 is 0 Å². The highest BCUT2D eigenvalue weighted by Crippen LogP contribution is 2.54. The maximum Gasteiger partial charge on any atom is 0.148 e. The van der Waals surface area contributed by atoms with Crippen molar-refractivity contribution in [3.8, 4) is 0 Å². The normalized spacial score (nSPS) is 13.6. The minimum Gasteiger partial charge on any atom is -0.280 e. The summed E-state index contributed by atoms with van der Waals surface area (Å²) in [7, 11) is 2.18. The molecule has 10 heavy (non-hydrogen) atoms. The molecule has 0 radical (unpaired) electrons. The molecule has 0 aliphatic heterocycles. The zero-order valence-electron chi connectivity index (χ0n) is 5.11. The Labute approximate surface area is 68.5 Å². The van der Waals surface area contributed by atoms with Crippen molar-refractivity contribution in [2.45, 2.75) is 11.1 Å². The van der Waals surface area contributed by atoms with Crippen molar-refractivity contribution in [3.05, 3.63) is 11.2 Å². The van der Waals surface area contributed by atoms with Gasteiger partial charge in [0.1, 0.15) is 4.21 Å². The lowest BCUT2D eigenvalue weighted by Crippen LogP contribution is -1.82. The van der Waals surface area contributed by atoms with Crippen molar-refractivity contribution in [2.24, 2.45) is 0 Å². The van der Waals surface area contributed by atoms with Gasteiger partial charge < -0.3 is 0 Å². The predicted molar refractivity (Wildman–Crippen MR) is 43.8 cm³/mol. The summed E-state index contributed by atoms with van der Waals surface area (Å²) in [6, 6.07) is 0. The SMILES string of the molecule is Cc1ncc(S(O)(O)Cl)s1. The van der Waals surface area contributed by atoms with Crippen LogP contribution in [0.4, 0.5) is 0 Å². The Morgan fingerprint density at radius 1 is 1.70 bits per heavy atom. The summed E-state index contributed by atoms with van der Waals surface area (Å²) >= 11 is 1.19. The van der Waals surface area contributed by atoms with Crippen LogP contribution in [0.3, 0.4) is 0 Å². The molecule has 1 rings (SSSR count). The van der Waals surface area contributed by atoms with E-state index in [1.54, 1.807) is 6.92 Å². The highest BCUT2D eigenvalue weighted by Gasteiger charge is 2.13. The van der Waals surface area contributed by atoms with Crippen molar-refractivity contribution in [1.82, 2.24) is 4.98 Å². The molecule has 1 aromatic rings. The molecule has 0 bridgehead atoms. The Morgan fingerprint density at radius 2 is 2.30 bits per heavy atom. The molecule has 0 aromatic carbocycles. The molecule has 1 heterocycles. The molecule has 1 aromatic heterocycles. The van der Waals surface area contributed by atoms with Gasteiger partial charge in [0.25, 0.3) is 0 Å². The highest BCUT2D eigenvalue weighted by atomic mass is 35.7. The van der Waals surface area contributed by atoms with Crippen LogP contribution in [0.1, 0.15) is 5.01 Å². The molecule has 0 amide bonds. The standard InChI is InChI=1S/C4H6ClNO2S2/c1-3-6-2-4(9-3)10(5,7)8/h2,7-8H,1H3. The molecule has 2 N–H and O–H groups in total. The summed E-state index contributed by atoms with van der Waals surface area (Å²) in [5.74, 6) is 0. The monoisotopic (exact) mass is 199 g/mol. The van der Waals surface area contributed by atoms with Gasteiger partial charge in [-0.15, -0.1) is 11.3 Å². The molecule has 0 saturated carbocycles. The topological polar surface area (TPSA) is 53.4 Å². The van der Waals surface area contributed by atoms with E-state index >= 15 is 0 Å². The van der Waals surface area contributed by atoms with Crippen LogP contribution in [0.2, 0.25) is 0 Å². The molecule has 0 aliphatic rings. The Balaban J connectivity index is 2.96. The molecule has 3 nitrogen and oxygen atoms in total. The van der Waals surface area contributed by atoms with Gasteiger partial charge in [0.2, 0.25) is 0 Å². The molecule has 0 unspecified atom stereocenters. The van der Waals surface area contributed by atoms with Crippen molar-refractivity contribution in [1.29, 1.82) is 0 Å². The van der Waals surface area contributed by atoms with Gasteiger partial charge in [0.05, 0.1) is 11.2 Å². The summed E-state index contributed by atoms with van der Waals surface area (Å²) in [5.41, 5.74) is 0. The molecule has 0 spiro atoms. The Bertz CT molecular complexity index is 231. The van der Waals surface area contributed by atoms with E-state index in [2.05, 4.69) is 4.98 Å². The second-order valence-electron chi connectivity index (χ2n) is 1.68. The van der Waals surface area contributed by atoms with E-state index in [4.69, 9.17) is 19.8 Å². The molecule has 0 saturated heterocycles. The van der Waals surface area contributed by atoms with E-state index in [0.29, 0.717) is 4.21 Å². The van der Waals surface area contributed by atoms with Gasteiger partial charge in [0.15, 0.2) is 0 Å². The maximum absolute atomic E-state index is 8.88. The van der Waals surface area contributed by atoms with E-state index in [-0.39, 0.29) is 0 Å². The molecule has 0 atom stereocenters. The number of hydrogen-bond donors (Lipinski definition) is 2. The summed E-state index contributed by atoms with van der Waals surface area (Å²) < 4.78 is 18.1. The minimum absolute atomic E-state index is 0.326. The van der Waals surface area contributed by atoms with E-state index in [1.807, 2.05) is 0 Å². The van der Waals surface area contributed by atoms with Gasteiger partial charge >= 0.3 is 0 Å². The second kappa shape index (κ2) is 2.67. The number of thiazole rings is 1. The van der Waals surface area contributed by atoms with Crippen LogP contribution in [0.5, 0.6) is 0 Å². The first-order valence-corrected chi connectivity index (χ1v) is 5.59. The van der Waals surface area contributed by atoms with Crippen LogP contribution in [0.25, 0.3) is 0 Å². The molecule has 0 aliphatic carbocycles. The third-order valence-corrected chi connectivity index (χ3v) is 3.90. The van der Waals surface area contributed by atoms with E-state index in [0.717, 1.165) is 5.01 Å². The first-order chi connectivity index (χ1) is 4.50. The first kappa shape index (κ1) is 8.29. The minimum atomic E-state index is -3.05. The van der Waals surface area contributed by atoms with Crippen LogP contribution in [0, 0.1) is 6.92 Å². The van der Waals surface area contributed by atoms with Gasteiger partial charge in [-0.25, -0.2) is 4.98 Å². The molecule has 6 heteroatoms. The molecular weight excluding hydrogens is 194 g/mol. The quantitative estimate of drug-likeness (QED) is 0.731. The van der Waals surface area contributed by atoms with Crippen LogP contribution in [-0.4, -0.2) is 14.1 Å². The van der Waals surface area contributed by atoms with E-state index in [1.165, 1.54) is 17.5 Å². The van der Waals surface area contributed by atoms with E-state index < -0.39 is 9.80 Å². The largest absolute Gasteiger partial charge is 0.280 e. The third-order valence-electron chi connectivity index (χ3n) is 0.856. The molecular formula is C4H6ClNO2S2. The van der Waals surface area contributed by atoms with Crippen molar-refractivity contribution in [2.75, 3.05) is 0 Å². The number of halogens is 1. The summed E-state index contributed by atoms with van der Waals surface area (Å²) in [5, 5.41) is 0.774. The van der Waals surface area contributed by atoms with Crippen molar-refractivity contribution in [3.63, 3.8) is 0 Å². The van der Waals surface area contributed by atoms with Gasteiger partial charge in [-0.2, -0.15) is 0 Å². The van der Waals surface area contributed by atoms with Crippen molar-refractivity contribution >= 4 is 31.8 Å². The number of rotatable bonds is 1. The highest BCUT2D eigenvalue weighted by molar-refractivity contribution is 8.43. The predicted octanol–water partition coefficient (Wildman–Crippen LogP) is 2.71. The summed E-state index contributed by atoms with van der Waals surface area (Å²) in [6.07, 6.45) is 1.38. The Hall–Kier alpha value is 0.190. The maximum atomic E-state index is 8.88. The van der Waals surface area contributed by atoms with Crippen LogP contribution in [-0.2, 0) is 0 Å². The average molecular weight is 200 g/mol. The van der Waals surface area contributed by atoms with Crippen LogP contribution >= 0.6 is 31.8 Å². The summed E-state index contributed by atoms with van der Waals surface area (Å²) in [4.78, 5) is 3.82. The average Bonchev–Trinajstić information content (AvgIpc) is 2.11. The lowest BCUT2D eigenvalue weighted by molar-refractivity contribution is 0.509. The zero-order valence-corrected chi connectivity index (χ0v) is 7.50. The van der Waals surface area contributed by atoms with Crippen LogP contribution in [0.15, 0.2) is 10.4 Å². The van der Waals surface area contributed by atoms with Crippen molar-refractivity contribution < 1.29 is 9.11 Å². The smallest absolute Gasteiger partial charge is 0.148 e.